The Morgan fingerprint density at radius 2 is 1.94 bits per heavy atom. The van der Waals surface area contributed by atoms with Crippen LogP contribution in [0.15, 0.2) is 45.5 Å². The molecule has 0 unspecified atom stereocenters. The van der Waals surface area contributed by atoms with Crippen LogP contribution in [0.1, 0.15) is 4.88 Å². The first-order chi connectivity index (χ1) is 8.31. The van der Waals surface area contributed by atoms with Crippen LogP contribution in [0.4, 0.5) is 5.69 Å². The maximum atomic E-state index is 8.75. The van der Waals surface area contributed by atoms with Gasteiger partial charge in [-0.1, -0.05) is 23.7 Å². The third-order valence-corrected chi connectivity index (χ3v) is 4.55. The van der Waals surface area contributed by atoms with Gasteiger partial charge in [-0.15, -0.1) is 11.3 Å². The second kappa shape index (κ2) is 6.01. The van der Waals surface area contributed by atoms with Gasteiger partial charge < -0.3 is 4.72 Å². The summed E-state index contributed by atoms with van der Waals surface area (Å²) in [5.41, 5.74) is 1.10. The third-order valence-electron chi connectivity index (χ3n) is 1.98. The summed E-state index contributed by atoms with van der Waals surface area (Å²) in [5.74, 6) is 0. The zero-order valence-corrected chi connectivity index (χ0v) is 11.6. The summed E-state index contributed by atoms with van der Waals surface area (Å²) < 4.78 is 4.32. The third kappa shape index (κ3) is 3.43. The van der Waals surface area contributed by atoms with Gasteiger partial charge in [0.05, 0.1) is 4.21 Å². The van der Waals surface area contributed by atoms with Gasteiger partial charge >= 0.3 is 0 Å². The highest BCUT2D eigenvalue weighted by Gasteiger charge is 2.01. The van der Waals surface area contributed by atoms with E-state index in [1.165, 1.54) is 16.2 Å². The van der Waals surface area contributed by atoms with Gasteiger partial charge in [-0.3, -0.25) is 0 Å². The van der Waals surface area contributed by atoms with Crippen molar-refractivity contribution in [3.05, 3.63) is 41.3 Å². The van der Waals surface area contributed by atoms with Crippen LogP contribution in [-0.4, -0.2) is 6.26 Å². The lowest BCUT2D eigenvalue weighted by molar-refractivity contribution is 1.46. The number of nitrogens with one attached hydrogen (secondary N) is 1. The van der Waals surface area contributed by atoms with Gasteiger partial charge in [0, 0.05) is 16.8 Å². The van der Waals surface area contributed by atoms with Crippen LogP contribution in [0.2, 0.25) is 0 Å². The molecule has 2 aromatic rings. The van der Waals surface area contributed by atoms with E-state index in [0.29, 0.717) is 0 Å². The van der Waals surface area contributed by atoms with Crippen molar-refractivity contribution >= 4 is 40.7 Å². The monoisotopic (exact) mass is 278 g/mol. The molecule has 0 saturated carbocycles. The first-order valence-corrected chi connectivity index (χ1v) is 7.74. The van der Waals surface area contributed by atoms with Gasteiger partial charge in [-0.25, -0.2) is 0 Å². The molecule has 0 atom stereocenters. The molecule has 2 rings (SSSR count). The van der Waals surface area contributed by atoms with Crippen LogP contribution < -0.4 is 4.72 Å². The van der Waals surface area contributed by atoms with Gasteiger partial charge in [-0.05, 0) is 36.4 Å². The minimum absolute atomic E-state index is 0.758. The van der Waals surface area contributed by atoms with E-state index in [-0.39, 0.29) is 0 Å². The summed E-state index contributed by atoms with van der Waals surface area (Å²) in [4.78, 5) is 1.94. The standard InChI is InChI=1S/C12H10N2S3/c1-15-14-9-2-4-10(5-3-9)16-12-7-6-11(8-13)17-12/h2-7,14H,1H3. The van der Waals surface area contributed by atoms with E-state index in [1.807, 2.05) is 18.4 Å². The maximum absolute atomic E-state index is 8.75. The molecule has 2 nitrogen and oxygen atoms in total. The number of hydrogen-bond donors (Lipinski definition) is 1. The molecular formula is C12H10N2S3. The quantitative estimate of drug-likeness (QED) is 0.838. The lowest BCUT2D eigenvalue weighted by Crippen LogP contribution is -1.82. The smallest absolute Gasteiger partial charge is 0.110 e. The number of thiophene rings is 1. The second-order valence-corrected chi connectivity index (χ2v) is 6.23. The maximum Gasteiger partial charge on any atom is 0.110 e. The average Bonchev–Trinajstić information content (AvgIpc) is 2.80. The highest BCUT2D eigenvalue weighted by atomic mass is 32.2. The van der Waals surface area contributed by atoms with E-state index in [9.17, 15) is 0 Å². The summed E-state index contributed by atoms with van der Waals surface area (Å²) in [6.45, 7) is 0. The molecule has 0 radical (unpaired) electrons. The number of rotatable bonds is 4. The Balaban J connectivity index is 2.06. The predicted molar refractivity (Wildman–Crippen MR) is 76.7 cm³/mol. The molecule has 0 spiro atoms. The fourth-order valence-electron chi connectivity index (χ4n) is 1.26. The lowest BCUT2D eigenvalue weighted by atomic mass is 10.3. The molecule has 1 heterocycles. The van der Waals surface area contributed by atoms with E-state index < -0.39 is 0 Å². The first-order valence-electron chi connectivity index (χ1n) is 4.88. The summed E-state index contributed by atoms with van der Waals surface area (Å²) in [5, 5.41) is 8.75. The van der Waals surface area contributed by atoms with Crippen molar-refractivity contribution < 1.29 is 0 Å². The van der Waals surface area contributed by atoms with Crippen molar-refractivity contribution in [2.75, 3.05) is 11.0 Å². The molecule has 0 fully saturated rings. The lowest BCUT2D eigenvalue weighted by Gasteiger charge is -2.03. The summed E-state index contributed by atoms with van der Waals surface area (Å²) in [7, 11) is 0. The zero-order chi connectivity index (χ0) is 12.1. The van der Waals surface area contributed by atoms with Crippen molar-refractivity contribution in [2.45, 2.75) is 9.10 Å². The van der Waals surface area contributed by atoms with E-state index in [0.717, 1.165) is 14.8 Å². The largest absolute Gasteiger partial charge is 0.330 e. The molecule has 1 aromatic heterocycles. The highest BCUT2D eigenvalue weighted by Crippen LogP contribution is 2.33. The van der Waals surface area contributed by atoms with Crippen LogP contribution in [0, 0.1) is 11.3 Å². The van der Waals surface area contributed by atoms with Gasteiger partial charge in [-0.2, -0.15) is 5.26 Å². The molecular weight excluding hydrogens is 268 g/mol. The molecule has 0 amide bonds. The minimum atomic E-state index is 0.758. The normalized spacial score (nSPS) is 9.88. The minimum Gasteiger partial charge on any atom is -0.330 e. The molecule has 1 N–H and O–H groups in total. The molecule has 86 valence electrons. The highest BCUT2D eigenvalue weighted by molar-refractivity contribution is 8.01. The van der Waals surface area contributed by atoms with Crippen LogP contribution >= 0.6 is 35.0 Å². The Kier molecular flexibility index (Phi) is 4.37. The zero-order valence-electron chi connectivity index (χ0n) is 9.14. The Bertz CT molecular complexity index is 525. The Hall–Kier alpha value is -1.09. The SMILES string of the molecule is CSNc1ccc(Sc2ccc(C#N)s2)cc1. The molecule has 0 aliphatic heterocycles. The van der Waals surface area contributed by atoms with Crippen LogP contribution in [0.5, 0.6) is 0 Å². The summed E-state index contributed by atoms with van der Waals surface area (Å²) >= 11 is 4.79. The van der Waals surface area contributed by atoms with Gasteiger partial charge in [0.25, 0.3) is 0 Å². The van der Waals surface area contributed by atoms with Crippen molar-refractivity contribution in [3.8, 4) is 6.07 Å². The fraction of sp³-hybridized carbons (Fsp3) is 0.0833. The number of hydrogen-bond acceptors (Lipinski definition) is 5. The second-order valence-electron chi connectivity index (χ2n) is 3.16. The van der Waals surface area contributed by atoms with Crippen LogP contribution in [-0.2, 0) is 0 Å². The van der Waals surface area contributed by atoms with Crippen LogP contribution in [0.25, 0.3) is 0 Å². The molecule has 0 aliphatic carbocycles. The number of benzene rings is 1. The Morgan fingerprint density at radius 1 is 1.18 bits per heavy atom. The molecule has 5 heteroatoms. The van der Waals surface area contributed by atoms with E-state index in [1.54, 1.807) is 23.7 Å². The predicted octanol–water partition coefficient (Wildman–Crippen LogP) is 4.46. The summed E-state index contributed by atoms with van der Waals surface area (Å²) in [6.07, 6.45) is 2.00. The molecule has 1 aromatic carbocycles. The van der Waals surface area contributed by atoms with Gasteiger partial charge in [0.15, 0.2) is 0 Å². The van der Waals surface area contributed by atoms with E-state index in [2.05, 4.69) is 35.1 Å². The number of nitrogens with zero attached hydrogens (tertiary/aromatic N) is 1. The average molecular weight is 278 g/mol. The van der Waals surface area contributed by atoms with Gasteiger partial charge in [0.1, 0.15) is 10.9 Å². The Labute approximate surface area is 113 Å². The topological polar surface area (TPSA) is 35.8 Å². The van der Waals surface area contributed by atoms with Crippen molar-refractivity contribution in [3.63, 3.8) is 0 Å². The first kappa shape index (κ1) is 12.4. The molecule has 0 saturated heterocycles. The van der Waals surface area contributed by atoms with Crippen molar-refractivity contribution in [1.29, 1.82) is 5.26 Å². The number of anilines is 1. The summed E-state index contributed by atoms with van der Waals surface area (Å²) in [6, 6.07) is 14.3. The van der Waals surface area contributed by atoms with Gasteiger partial charge in [0.2, 0.25) is 0 Å². The molecule has 0 aliphatic rings. The van der Waals surface area contributed by atoms with E-state index in [4.69, 9.17) is 5.26 Å². The molecule has 17 heavy (non-hydrogen) atoms. The Morgan fingerprint density at radius 3 is 2.53 bits per heavy atom. The van der Waals surface area contributed by atoms with Crippen molar-refractivity contribution in [1.82, 2.24) is 0 Å². The number of nitriles is 1. The van der Waals surface area contributed by atoms with E-state index >= 15 is 0 Å². The fourth-order valence-corrected chi connectivity index (χ4v) is 3.53. The van der Waals surface area contributed by atoms with Crippen molar-refractivity contribution in [2.24, 2.45) is 0 Å². The van der Waals surface area contributed by atoms with Crippen LogP contribution in [0.3, 0.4) is 0 Å². The molecule has 0 bridgehead atoms.